The molecule has 0 aromatic rings. The molecular weight excluding hydrogens is 188 g/mol. The Morgan fingerprint density at radius 3 is 2.79 bits per heavy atom. The van der Waals surface area contributed by atoms with Gasteiger partial charge < -0.3 is 18.9 Å². The van der Waals surface area contributed by atoms with Crippen molar-refractivity contribution < 1.29 is 23.7 Å². The minimum Gasteiger partial charge on any atom is -0.457 e. The van der Waals surface area contributed by atoms with E-state index in [1.54, 1.807) is 13.8 Å². The zero-order chi connectivity index (χ0) is 10.3. The molecule has 0 bridgehead atoms. The summed E-state index contributed by atoms with van der Waals surface area (Å²) in [6.45, 7) is 5.32. The number of hydrogen-bond acceptors (Lipinski definition) is 5. The lowest BCUT2D eigenvalue weighted by Gasteiger charge is -2.20. The molecule has 0 aliphatic carbocycles. The van der Waals surface area contributed by atoms with Crippen molar-refractivity contribution in [1.82, 2.24) is 0 Å². The SMILES string of the molecule is CC(=O)O[C@H]1CO[C@@H]2OC(C)(C)O[C@@H]21. The zero-order valence-corrected chi connectivity index (χ0v) is 8.48. The van der Waals surface area contributed by atoms with E-state index in [1.807, 2.05) is 0 Å². The van der Waals surface area contributed by atoms with Gasteiger partial charge in [0.1, 0.15) is 0 Å². The van der Waals surface area contributed by atoms with Gasteiger partial charge >= 0.3 is 5.97 Å². The standard InChI is InChI=1S/C9H14O5/c1-5(10)12-6-4-11-8-7(6)13-9(2,3)14-8/h6-8H,4H2,1-3H3/t6-,7+,8+/m0/s1. The first-order valence-electron chi connectivity index (χ1n) is 4.62. The van der Waals surface area contributed by atoms with Crippen LogP contribution < -0.4 is 0 Å². The van der Waals surface area contributed by atoms with Crippen LogP contribution in [-0.4, -0.2) is 36.9 Å². The first kappa shape index (κ1) is 9.89. The number of esters is 1. The summed E-state index contributed by atoms with van der Waals surface area (Å²) in [7, 11) is 0. The molecular formula is C9H14O5. The lowest BCUT2D eigenvalue weighted by molar-refractivity contribution is -0.203. The molecule has 2 fully saturated rings. The van der Waals surface area contributed by atoms with E-state index < -0.39 is 12.1 Å². The summed E-state index contributed by atoms with van der Waals surface area (Å²) >= 11 is 0. The Labute approximate surface area is 82.3 Å². The normalized spacial score (nSPS) is 39.5. The second-order valence-electron chi connectivity index (χ2n) is 3.95. The number of carbonyl (C=O) groups excluding carboxylic acids is 1. The Kier molecular flexibility index (Phi) is 2.25. The largest absolute Gasteiger partial charge is 0.457 e. The summed E-state index contributed by atoms with van der Waals surface area (Å²) in [4.78, 5) is 10.8. The van der Waals surface area contributed by atoms with E-state index in [0.717, 1.165) is 0 Å². The third-order valence-electron chi connectivity index (χ3n) is 2.20. The molecule has 0 aromatic carbocycles. The van der Waals surface area contributed by atoms with Gasteiger partial charge in [-0.3, -0.25) is 4.79 Å². The van der Waals surface area contributed by atoms with Gasteiger partial charge in [-0.25, -0.2) is 0 Å². The minimum atomic E-state index is -0.659. The van der Waals surface area contributed by atoms with Crippen LogP contribution in [0.25, 0.3) is 0 Å². The Hall–Kier alpha value is -0.650. The molecule has 0 unspecified atom stereocenters. The molecule has 2 aliphatic heterocycles. The predicted molar refractivity (Wildman–Crippen MR) is 45.3 cm³/mol. The summed E-state index contributed by atoms with van der Waals surface area (Å²) < 4.78 is 21.4. The number of rotatable bonds is 1. The van der Waals surface area contributed by atoms with Gasteiger partial charge in [0.15, 0.2) is 24.3 Å². The Bertz CT molecular complexity index is 250. The highest BCUT2D eigenvalue weighted by Crippen LogP contribution is 2.35. The summed E-state index contributed by atoms with van der Waals surface area (Å²) in [5.41, 5.74) is 0. The Morgan fingerprint density at radius 2 is 2.14 bits per heavy atom. The van der Waals surface area contributed by atoms with Gasteiger partial charge in [0.2, 0.25) is 0 Å². The molecule has 14 heavy (non-hydrogen) atoms. The fourth-order valence-corrected chi connectivity index (χ4v) is 1.74. The van der Waals surface area contributed by atoms with Crippen molar-refractivity contribution in [3.05, 3.63) is 0 Å². The highest BCUT2D eigenvalue weighted by molar-refractivity contribution is 5.66. The van der Waals surface area contributed by atoms with Crippen molar-refractivity contribution >= 4 is 5.97 Å². The molecule has 3 atom stereocenters. The van der Waals surface area contributed by atoms with E-state index >= 15 is 0 Å². The topological polar surface area (TPSA) is 54.0 Å². The van der Waals surface area contributed by atoms with Gasteiger partial charge in [-0.15, -0.1) is 0 Å². The molecule has 0 aromatic heterocycles. The predicted octanol–water partition coefficient (Wildman–Crippen LogP) is 0.426. The van der Waals surface area contributed by atoms with Gasteiger partial charge in [0.05, 0.1) is 6.61 Å². The number of ether oxygens (including phenoxy) is 4. The van der Waals surface area contributed by atoms with Crippen molar-refractivity contribution in [3.8, 4) is 0 Å². The van der Waals surface area contributed by atoms with Crippen LogP contribution in [0.1, 0.15) is 20.8 Å². The molecule has 2 rings (SSSR count). The molecule has 0 amide bonds. The summed E-state index contributed by atoms with van der Waals surface area (Å²) in [5, 5.41) is 0. The third-order valence-corrected chi connectivity index (χ3v) is 2.20. The average Bonchev–Trinajstić information content (AvgIpc) is 2.47. The second-order valence-corrected chi connectivity index (χ2v) is 3.95. The molecule has 2 aliphatic rings. The van der Waals surface area contributed by atoms with Crippen LogP contribution >= 0.6 is 0 Å². The van der Waals surface area contributed by atoms with Crippen LogP contribution in [-0.2, 0) is 23.7 Å². The first-order chi connectivity index (χ1) is 6.48. The molecule has 0 spiro atoms. The number of fused-ring (bicyclic) bond motifs is 1. The van der Waals surface area contributed by atoms with E-state index in [-0.39, 0.29) is 18.2 Å². The van der Waals surface area contributed by atoms with Crippen LogP contribution in [0.5, 0.6) is 0 Å². The van der Waals surface area contributed by atoms with Crippen LogP contribution in [0, 0.1) is 0 Å². The molecule has 0 N–H and O–H groups in total. The van der Waals surface area contributed by atoms with Gasteiger partial charge in [-0.05, 0) is 13.8 Å². The van der Waals surface area contributed by atoms with Gasteiger partial charge in [-0.1, -0.05) is 0 Å². The minimum absolute atomic E-state index is 0.297. The van der Waals surface area contributed by atoms with E-state index in [0.29, 0.717) is 6.61 Å². The van der Waals surface area contributed by atoms with Crippen LogP contribution in [0.4, 0.5) is 0 Å². The maximum absolute atomic E-state index is 10.8. The molecule has 2 heterocycles. The third kappa shape index (κ3) is 1.75. The van der Waals surface area contributed by atoms with E-state index in [4.69, 9.17) is 18.9 Å². The molecule has 2 saturated heterocycles. The Balaban J connectivity index is 2.01. The van der Waals surface area contributed by atoms with E-state index in [2.05, 4.69) is 0 Å². The van der Waals surface area contributed by atoms with E-state index in [9.17, 15) is 4.79 Å². The molecule has 80 valence electrons. The molecule has 5 heteroatoms. The Morgan fingerprint density at radius 1 is 1.43 bits per heavy atom. The maximum atomic E-state index is 10.8. The molecule has 5 nitrogen and oxygen atoms in total. The van der Waals surface area contributed by atoms with E-state index in [1.165, 1.54) is 6.92 Å². The van der Waals surface area contributed by atoms with Crippen LogP contribution in [0.3, 0.4) is 0 Å². The second kappa shape index (κ2) is 3.18. The lowest BCUT2D eigenvalue weighted by Crippen LogP contribution is -2.33. The van der Waals surface area contributed by atoms with Gasteiger partial charge in [0, 0.05) is 6.92 Å². The summed E-state index contributed by atoms with van der Waals surface area (Å²) in [5.74, 6) is -0.985. The number of hydrogen-bond donors (Lipinski definition) is 0. The zero-order valence-electron chi connectivity index (χ0n) is 8.48. The van der Waals surface area contributed by atoms with Crippen molar-refractivity contribution in [2.45, 2.75) is 45.1 Å². The maximum Gasteiger partial charge on any atom is 0.303 e. The quantitative estimate of drug-likeness (QED) is 0.577. The van der Waals surface area contributed by atoms with Gasteiger partial charge in [0.25, 0.3) is 0 Å². The molecule has 0 radical (unpaired) electrons. The van der Waals surface area contributed by atoms with Crippen molar-refractivity contribution in [1.29, 1.82) is 0 Å². The summed E-state index contributed by atoms with van der Waals surface area (Å²) in [6.07, 6.45) is -1.05. The smallest absolute Gasteiger partial charge is 0.303 e. The van der Waals surface area contributed by atoms with Gasteiger partial charge in [-0.2, -0.15) is 0 Å². The first-order valence-corrected chi connectivity index (χ1v) is 4.62. The average molecular weight is 202 g/mol. The fourth-order valence-electron chi connectivity index (χ4n) is 1.74. The van der Waals surface area contributed by atoms with Crippen LogP contribution in [0.15, 0.2) is 0 Å². The van der Waals surface area contributed by atoms with Crippen molar-refractivity contribution in [2.24, 2.45) is 0 Å². The molecule has 0 saturated carbocycles. The monoisotopic (exact) mass is 202 g/mol. The highest BCUT2D eigenvalue weighted by atomic mass is 16.8. The summed E-state index contributed by atoms with van der Waals surface area (Å²) in [6, 6.07) is 0. The highest BCUT2D eigenvalue weighted by Gasteiger charge is 2.51. The lowest BCUT2D eigenvalue weighted by atomic mass is 10.2. The van der Waals surface area contributed by atoms with Crippen molar-refractivity contribution in [2.75, 3.05) is 6.61 Å². The fraction of sp³-hybridized carbons (Fsp3) is 0.889. The van der Waals surface area contributed by atoms with Crippen molar-refractivity contribution in [3.63, 3.8) is 0 Å². The number of carbonyl (C=O) groups is 1. The van der Waals surface area contributed by atoms with Crippen LogP contribution in [0.2, 0.25) is 0 Å².